The first-order valence-corrected chi connectivity index (χ1v) is 9.41. The molecule has 4 heteroatoms. The molecule has 0 radical (unpaired) electrons. The Bertz CT molecular complexity index is 567. The second kappa shape index (κ2) is 5.15. The van der Waals surface area contributed by atoms with Crippen LogP contribution in [0.15, 0.2) is 29.2 Å². The van der Waals surface area contributed by atoms with Crippen molar-refractivity contribution in [3.8, 4) is 0 Å². The summed E-state index contributed by atoms with van der Waals surface area (Å²) >= 11 is 0. The highest BCUT2D eigenvalue weighted by molar-refractivity contribution is 7.90. The summed E-state index contributed by atoms with van der Waals surface area (Å²) < 4.78 is 22.8. The third kappa shape index (κ3) is 2.63. The maximum atomic E-state index is 11.4. The maximum absolute atomic E-state index is 11.4. The first kappa shape index (κ1) is 14.1. The average molecular weight is 293 g/mol. The predicted molar refractivity (Wildman–Crippen MR) is 80.6 cm³/mol. The number of benzene rings is 1. The lowest BCUT2D eigenvalue weighted by atomic mass is 9.53. The fourth-order valence-electron chi connectivity index (χ4n) is 3.54. The minimum absolute atomic E-state index is 0.404. The highest BCUT2D eigenvalue weighted by Gasteiger charge is 2.49. The van der Waals surface area contributed by atoms with E-state index >= 15 is 0 Å². The van der Waals surface area contributed by atoms with Crippen molar-refractivity contribution >= 4 is 9.84 Å². The topological polar surface area (TPSA) is 46.2 Å². The van der Waals surface area contributed by atoms with Crippen LogP contribution in [0.2, 0.25) is 0 Å². The van der Waals surface area contributed by atoms with Gasteiger partial charge in [0.25, 0.3) is 0 Å². The molecule has 2 fully saturated rings. The van der Waals surface area contributed by atoms with E-state index < -0.39 is 9.84 Å². The maximum Gasteiger partial charge on any atom is 0.175 e. The summed E-state index contributed by atoms with van der Waals surface area (Å²) in [6.45, 7) is 0.991. The Labute approximate surface area is 121 Å². The van der Waals surface area contributed by atoms with E-state index in [2.05, 4.69) is 5.32 Å². The summed E-state index contributed by atoms with van der Waals surface area (Å²) in [5.41, 5.74) is 1.85. The van der Waals surface area contributed by atoms with Crippen LogP contribution in [0.4, 0.5) is 0 Å². The summed E-state index contributed by atoms with van der Waals surface area (Å²) in [6.07, 6.45) is 9.18. The number of hydrogen-bond donors (Lipinski definition) is 1. The van der Waals surface area contributed by atoms with E-state index in [-0.39, 0.29) is 0 Å². The Morgan fingerprint density at radius 1 is 1.20 bits per heavy atom. The summed E-state index contributed by atoms with van der Waals surface area (Å²) in [5.74, 6) is 0. The molecule has 0 amide bonds. The largest absolute Gasteiger partial charge is 0.313 e. The lowest BCUT2D eigenvalue weighted by Gasteiger charge is -2.56. The summed E-state index contributed by atoms with van der Waals surface area (Å²) in [5, 5.41) is 3.69. The SMILES string of the molecule is CS(=O)(=O)c1ccc(CCN[C@H]2CCC23CCC3)cc1. The Morgan fingerprint density at radius 2 is 1.90 bits per heavy atom. The molecule has 3 nitrogen and oxygen atoms in total. The highest BCUT2D eigenvalue weighted by Crippen LogP contribution is 2.55. The molecule has 1 atom stereocenters. The van der Waals surface area contributed by atoms with Crippen molar-refractivity contribution in [2.24, 2.45) is 5.41 Å². The fourth-order valence-corrected chi connectivity index (χ4v) is 4.17. The zero-order valence-electron chi connectivity index (χ0n) is 12.1. The van der Waals surface area contributed by atoms with Crippen molar-refractivity contribution in [2.75, 3.05) is 12.8 Å². The highest BCUT2D eigenvalue weighted by atomic mass is 32.2. The van der Waals surface area contributed by atoms with Gasteiger partial charge in [-0.05, 0) is 61.8 Å². The molecule has 1 aromatic rings. The molecule has 3 rings (SSSR count). The first-order valence-electron chi connectivity index (χ1n) is 7.52. The predicted octanol–water partition coefficient (Wildman–Crippen LogP) is 2.55. The molecule has 110 valence electrons. The van der Waals surface area contributed by atoms with Crippen molar-refractivity contribution in [3.63, 3.8) is 0 Å². The third-order valence-electron chi connectivity index (χ3n) is 5.18. The van der Waals surface area contributed by atoms with Gasteiger partial charge in [0.1, 0.15) is 0 Å². The van der Waals surface area contributed by atoms with Crippen molar-refractivity contribution in [3.05, 3.63) is 29.8 Å². The van der Waals surface area contributed by atoms with E-state index in [0.29, 0.717) is 10.3 Å². The summed E-state index contributed by atoms with van der Waals surface area (Å²) in [6, 6.07) is 8.00. The van der Waals surface area contributed by atoms with Crippen LogP contribution < -0.4 is 5.32 Å². The van der Waals surface area contributed by atoms with Crippen molar-refractivity contribution < 1.29 is 8.42 Å². The van der Waals surface area contributed by atoms with E-state index in [0.717, 1.165) is 19.0 Å². The van der Waals surface area contributed by atoms with Crippen LogP contribution in [0.25, 0.3) is 0 Å². The van der Waals surface area contributed by atoms with Gasteiger partial charge in [0.05, 0.1) is 4.90 Å². The summed E-state index contributed by atoms with van der Waals surface area (Å²) in [4.78, 5) is 0.404. The van der Waals surface area contributed by atoms with Gasteiger partial charge in [0.2, 0.25) is 0 Å². The van der Waals surface area contributed by atoms with Gasteiger partial charge in [-0.2, -0.15) is 0 Å². The van der Waals surface area contributed by atoms with Gasteiger partial charge in [0.15, 0.2) is 9.84 Å². The molecule has 20 heavy (non-hydrogen) atoms. The molecular formula is C16H23NO2S. The molecule has 0 heterocycles. The smallest absolute Gasteiger partial charge is 0.175 e. The molecule has 0 aliphatic heterocycles. The molecule has 0 saturated heterocycles. The quantitative estimate of drug-likeness (QED) is 0.907. The first-order chi connectivity index (χ1) is 9.50. The van der Waals surface area contributed by atoms with Crippen LogP contribution >= 0.6 is 0 Å². The monoisotopic (exact) mass is 293 g/mol. The minimum Gasteiger partial charge on any atom is -0.313 e. The fraction of sp³-hybridized carbons (Fsp3) is 0.625. The Kier molecular flexibility index (Phi) is 3.63. The summed E-state index contributed by atoms with van der Waals surface area (Å²) in [7, 11) is -3.08. The Hall–Kier alpha value is -0.870. The lowest BCUT2D eigenvalue weighted by molar-refractivity contribution is -0.0168. The van der Waals surface area contributed by atoms with Gasteiger partial charge in [0, 0.05) is 12.3 Å². The molecule has 0 bridgehead atoms. The Balaban J connectivity index is 1.49. The van der Waals surface area contributed by atoms with Gasteiger partial charge in [-0.3, -0.25) is 0 Å². The van der Waals surface area contributed by atoms with Crippen molar-refractivity contribution in [2.45, 2.75) is 49.5 Å². The van der Waals surface area contributed by atoms with Gasteiger partial charge in [-0.15, -0.1) is 0 Å². The van der Waals surface area contributed by atoms with E-state index in [1.54, 1.807) is 12.1 Å². The third-order valence-corrected chi connectivity index (χ3v) is 6.30. The molecule has 0 aromatic heterocycles. The van der Waals surface area contributed by atoms with E-state index in [4.69, 9.17) is 0 Å². The number of sulfone groups is 1. The molecular weight excluding hydrogens is 270 g/mol. The van der Waals surface area contributed by atoms with Crippen LogP contribution in [-0.2, 0) is 16.3 Å². The molecule has 1 spiro atoms. The van der Waals surface area contributed by atoms with Crippen LogP contribution in [0.5, 0.6) is 0 Å². The number of hydrogen-bond acceptors (Lipinski definition) is 3. The van der Waals surface area contributed by atoms with Gasteiger partial charge in [-0.1, -0.05) is 18.6 Å². The van der Waals surface area contributed by atoms with Crippen molar-refractivity contribution in [1.29, 1.82) is 0 Å². The van der Waals surface area contributed by atoms with Crippen LogP contribution in [-0.4, -0.2) is 27.3 Å². The van der Waals surface area contributed by atoms with Gasteiger partial charge < -0.3 is 5.32 Å². The zero-order valence-corrected chi connectivity index (χ0v) is 12.9. The minimum atomic E-state index is -3.08. The van der Waals surface area contributed by atoms with Gasteiger partial charge >= 0.3 is 0 Å². The van der Waals surface area contributed by atoms with Crippen LogP contribution in [0.1, 0.15) is 37.7 Å². The second-order valence-corrected chi connectivity index (χ2v) is 8.44. The normalized spacial score (nSPS) is 24.1. The van der Waals surface area contributed by atoms with Crippen LogP contribution in [0, 0.1) is 5.41 Å². The molecule has 1 aromatic carbocycles. The van der Waals surface area contributed by atoms with E-state index in [1.165, 1.54) is 43.9 Å². The van der Waals surface area contributed by atoms with E-state index in [9.17, 15) is 8.42 Å². The van der Waals surface area contributed by atoms with Gasteiger partial charge in [-0.25, -0.2) is 8.42 Å². The molecule has 2 aliphatic carbocycles. The molecule has 2 aliphatic rings. The zero-order chi connectivity index (χ0) is 14.2. The molecule has 2 saturated carbocycles. The molecule has 1 N–H and O–H groups in total. The van der Waals surface area contributed by atoms with Crippen LogP contribution in [0.3, 0.4) is 0 Å². The molecule has 0 unspecified atom stereocenters. The van der Waals surface area contributed by atoms with E-state index in [1.807, 2.05) is 12.1 Å². The van der Waals surface area contributed by atoms with Crippen molar-refractivity contribution in [1.82, 2.24) is 5.32 Å². The second-order valence-electron chi connectivity index (χ2n) is 6.43. The standard InChI is InChI=1S/C16H23NO2S/c1-20(18,19)14-5-3-13(4-6-14)8-12-17-15-7-11-16(15)9-2-10-16/h3-6,15,17H,2,7-12H2,1H3/t15-/m0/s1. The number of rotatable bonds is 5. The Morgan fingerprint density at radius 3 is 2.35 bits per heavy atom. The number of nitrogens with one attached hydrogen (secondary N) is 1. The lowest BCUT2D eigenvalue weighted by Crippen LogP contribution is -2.57. The average Bonchev–Trinajstić information content (AvgIpc) is 2.31.